The molecule has 0 bridgehead atoms. The summed E-state index contributed by atoms with van der Waals surface area (Å²) in [5, 5.41) is 23.8. The Morgan fingerprint density at radius 1 is 0.484 bits per heavy atom. The molecule has 0 heterocycles. The molecule has 0 aliphatic rings. The van der Waals surface area contributed by atoms with Gasteiger partial charge >= 0.3 is 5.97 Å². The van der Waals surface area contributed by atoms with E-state index in [-0.39, 0.29) is 24.9 Å². The van der Waals surface area contributed by atoms with E-state index in [0.29, 0.717) is 19.3 Å². The van der Waals surface area contributed by atoms with E-state index in [1.54, 1.807) is 0 Å². The molecule has 0 aliphatic carbocycles. The molecule has 3 atom stereocenters. The van der Waals surface area contributed by atoms with Crippen LogP contribution in [0.1, 0.15) is 233 Å². The Morgan fingerprint density at radius 3 is 1.50 bits per heavy atom. The second kappa shape index (κ2) is 50.8. The van der Waals surface area contributed by atoms with Crippen molar-refractivity contribution in [2.75, 3.05) is 6.61 Å². The van der Waals surface area contributed by atoms with E-state index in [4.69, 9.17) is 4.74 Å². The molecule has 0 rings (SSSR count). The van der Waals surface area contributed by atoms with Crippen molar-refractivity contribution in [2.45, 2.75) is 251 Å². The summed E-state index contributed by atoms with van der Waals surface area (Å²) in [6.07, 6.45) is 67.5. The Labute approximate surface area is 395 Å². The lowest BCUT2D eigenvalue weighted by Gasteiger charge is -2.24. The van der Waals surface area contributed by atoms with Gasteiger partial charge in [0.2, 0.25) is 5.91 Å². The number of nitrogens with one attached hydrogen (secondary N) is 1. The van der Waals surface area contributed by atoms with Crippen molar-refractivity contribution < 1.29 is 24.5 Å². The number of hydrogen-bond acceptors (Lipinski definition) is 5. The van der Waals surface area contributed by atoms with Gasteiger partial charge in [0.1, 0.15) is 6.10 Å². The maximum absolute atomic E-state index is 13.2. The van der Waals surface area contributed by atoms with Crippen LogP contribution in [0, 0.1) is 0 Å². The van der Waals surface area contributed by atoms with Crippen molar-refractivity contribution in [1.82, 2.24) is 5.32 Å². The zero-order valence-electron chi connectivity index (χ0n) is 41.6. The summed E-state index contributed by atoms with van der Waals surface area (Å²) < 4.78 is 5.91. The first-order valence-electron chi connectivity index (χ1n) is 26.5. The van der Waals surface area contributed by atoms with E-state index in [9.17, 15) is 19.8 Å². The zero-order chi connectivity index (χ0) is 46.7. The molecule has 0 aromatic heterocycles. The Bertz CT molecular complexity index is 1270. The van der Waals surface area contributed by atoms with Gasteiger partial charge in [-0.05, 0) is 77.0 Å². The lowest BCUT2D eigenvalue weighted by atomic mass is 10.0. The summed E-state index contributed by atoms with van der Waals surface area (Å²) in [7, 11) is 0. The standard InChI is InChI=1S/C58H99NO5/c1-4-7-10-13-16-19-22-25-27-28-29-31-33-36-39-42-45-48-51-58(63)64-54(49-46-43-40-37-34-24-21-18-15-12-9-6-3)52-57(62)59-55(53-60)56(61)50-47-44-41-38-35-32-30-26-23-20-17-14-11-8-5-2/h9-10,12-13,16,18-19,21-22,25,27-29,31,34,37,54-56,60-61H,4-8,11,14-15,17,20,23-24,26,30,32-33,35-36,38-53H2,1-3H3,(H,59,62)/b12-9+,13-10+,19-16+,21-18+,25-22+,28-27+,31-29+,37-34+. The van der Waals surface area contributed by atoms with E-state index in [2.05, 4.69) is 99.0 Å². The summed E-state index contributed by atoms with van der Waals surface area (Å²) in [6, 6.07) is -0.725. The third kappa shape index (κ3) is 45.4. The molecule has 3 unspecified atom stereocenters. The average Bonchev–Trinajstić information content (AvgIpc) is 3.29. The molecule has 0 fully saturated rings. The molecule has 0 aromatic carbocycles. The fourth-order valence-corrected chi connectivity index (χ4v) is 7.53. The lowest BCUT2D eigenvalue weighted by molar-refractivity contribution is -0.151. The Balaban J connectivity index is 4.64. The fraction of sp³-hybridized carbons (Fsp3) is 0.690. The van der Waals surface area contributed by atoms with E-state index < -0.39 is 18.2 Å². The summed E-state index contributed by atoms with van der Waals surface area (Å²) in [4.78, 5) is 26.2. The molecule has 0 aromatic rings. The predicted octanol–water partition coefficient (Wildman–Crippen LogP) is 16.1. The third-order valence-electron chi connectivity index (χ3n) is 11.5. The van der Waals surface area contributed by atoms with Crippen LogP contribution in [0.3, 0.4) is 0 Å². The average molecular weight is 890 g/mol. The third-order valence-corrected chi connectivity index (χ3v) is 11.5. The molecule has 0 saturated heterocycles. The van der Waals surface area contributed by atoms with Crippen LogP contribution in [0.15, 0.2) is 97.2 Å². The lowest BCUT2D eigenvalue weighted by Crippen LogP contribution is -2.46. The second-order valence-corrected chi connectivity index (χ2v) is 17.7. The van der Waals surface area contributed by atoms with Crippen molar-refractivity contribution in [3.05, 3.63) is 97.2 Å². The maximum atomic E-state index is 13.2. The molecule has 366 valence electrons. The number of esters is 1. The van der Waals surface area contributed by atoms with Crippen molar-refractivity contribution >= 4 is 11.9 Å². The van der Waals surface area contributed by atoms with Crippen molar-refractivity contribution in [3.8, 4) is 0 Å². The number of aliphatic hydroxyl groups excluding tert-OH is 2. The van der Waals surface area contributed by atoms with Gasteiger partial charge in [0.15, 0.2) is 0 Å². The molecular formula is C58H99NO5. The van der Waals surface area contributed by atoms with Crippen LogP contribution < -0.4 is 5.32 Å². The van der Waals surface area contributed by atoms with Gasteiger partial charge in [0.05, 0.1) is 25.2 Å². The summed E-state index contributed by atoms with van der Waals surface area (Å²) in [6.45, 7) is 6.26. The number of amides is 1. The second-order valence-electron chi connectivity index (χ2n) is 17.7. The molecule has 6 nitrogen and oxygen atoms in total. The first-order valence-corrected chi connectivity index (χ1v) is 26.5. The van der Waals surface area contributed by atoms with Crippen LogP contribution in [0.5, 0.6) is 0 Å². The predicted molar refractivity (Wildman–Crippen MR) is 277 cm³/mol. The first-order chi connectivity index (χ1) is 31.5. The molecular weight excluding hydrogens is 791 g/mol. The normalized spacial score (nSPS) is 14.0. The molecule has 0 spiro atoms. The van der Waals surface area contributed by atoms with Crippen molar-refractivity contribution in [3.63, 3.8) is 0 Å². The summed E-state index contributed by atoms with van der Waals surface area (Å²) in [5.74, 6) is -0.547. The molecule has 6 heteroatoms. The number of carbonyl (C=O) groups excluding carboxylic acids is 2. The van der Waals surface area contributed by atoms with Gasteiger partial charge in [-0.15, -0.1) is 0 Å². The van der Waals surface area contributed by atoms with Crippen LogP contribution in [0.4, 0.5) is 0 Å². The number of allylic oxidation sites excluding steroid dienone is 16. The SMILES string of the molecule is CC/C=C/C/C=C/C/C=C/CCCCC(CC(=O)NC(CO)C(O)CCCCCCCCCCCCCCCCC)OC(=O)CCCCCCC/C=C/C=C/C=C/C=C/C=C/CCC. The van der Waals surface area contributed by atoms with Gasteiger partial charge in [-0.3, -0.25) is 9.59 Å². The largest absolute Gasteiger partial charge is 0.462 e. The van der Waals surface area contributed by atoms with Gasteiger partial charge in [-0.1, -0.05) is 240 Å². The van der Waals surface area contributed by atoms with E-state index in [1.165, 1.54) is 83.5 Å². The monoisotopic (exact) mass is 890 g/mol. The quantitative estimate of drug-likeness (QED) is 0.0245. The highest BCUT2D eigenvalue weighted by Crippen LogP contribution is 2.17. The Morgan fingerprint density at radius 2 is 0.938 bits per heavy atom. The van der Waals surface area contributed by atoms with Gasteiger partial charge in [-0.25, -0.2) is 0 Å². The minimum absolute atomic E-state index is 0.0355. The zero-order valence-corrected chi connectivity index (χ0v) is 41.6. The van der Waals surface area contributed by atoms with E-state index >= 15 is 0 Å². The minimum atomic E-state index is -0.808. The number of carbonyl (C=O) groups is 2. The molecule has 3 N–H and O–H groups in total. The highest BCUT2D eigenvalue weighted by atomic mass is 16.5. The number of unbranched alkanes of at least 4 members (excludes halogenated alkanes) is 22. The van der Waals surface area contributed by atoms with Gasteiger partial charge in [-0.2, -0.15) is 0 Å². The Kier molecular flexibility index (Phi) is 48.2. The molecule has 64 heavy (non-hydrogen) atoms. The van der Waals surface area contributed by atoms with Crippen molar-refractivity contribution in [2.24, 2.45) is 0 Å². The van der Waals surface area contributed by atoms with Gasteiger partial charge in [0, 0.05) is 6.42 Å². The van der Waals surface area contributed by atoms with Crippen molar-refractivity contribution in [1.29, 1.82) is 0 Å². The van der Waals surface area contributed by atoms with E-state index in [0.717, 1.165) is 103 Å². The summed E-state index contributed by atoms with van der Waals surface area (Å²) in [5.41, 5.74) is 0. The number of hydrogen-bond donors (Lipinski definition) is 3. The van der Waals surface area contributed by atoms with Crippen LogP contribution >= 0.6 is 0 Å². The van der Waals surface area contributed by atoms with Crippen LogP contribution in [0.25, 0.3) is 0 Å². The molecule has 1 amide bonds. The number of rotatable bonds is 46. The molecule has 0 radical (unpaired) electrons. The molecule has 0 aliphatic heterocycles. The summed E-state index contributed by atoms with van der Waals surface area (Å²) >= 11 is 0. The number of aliphatic hydroxyl groups is 2. The smallest absolute Gasteiger partial charge is 0.306 e. The van der Waals surface area contributed by atoms with Crippen LogP contribution in [0.2, 0.25) is 0 Å². The number of ether oxygens (including phenoxy) is 1. The van der Waals surface area contributed by atoms with Crippen LogP contribution in [-0.4, -0.2) is 46.9 Å². The van der Waals surface area contributed by atoms with Crippen LogP contribution in [-0.2, 0) is 14.3 Å². The van der Waals surface area contributed by atoms with E-state index in [1.807, 2.05) is 24.3 Å². The Hall–Kier alpha value is -3.22. The topological polar surface area (TPSA) is 95.9 Å². The maximum Gasteiger partial charge on any atom is 0.306 e. The fourth-order valence-electron chi connectivity index (χ4n) is 7.53. The van der Waals surface area contributed by atoms with Gasteiger partial charge in [0.25, 0.3) is 0 Å². The first kappa shape index (κ1) is 60.8. The highest BCUT2D eigenvalue weighted by Gasteiger charge is 2.24. The molecule has 0 saturated carbocycles. The van der Waals surface area contributed by atoms with Gasteiger partial charge < -0.3 is 20.3 Å². The minimum Gasteiger partial charge on any atom is -0.462 e. The highest BCUT2D eigenvalue weighted by molar-refractivity contribution is 5.77.